The summed E-state index contributed by atoms with van der Waals surface area (Å²) < 4.78 is 6.60. The largest absolute Gasteiger partial charge is 0.420 e. The SMILES string of the molecule is C=CC(=O)NCc1ccccc1CC(=O)Nc1ccc2oc(=O)n(CC(=O)N3CCCCC3)c2c1. The average molecular weight is 477 g/mol. The van der Waals surface area contributed by atoms with Crippen molar-refractivity contribution in [2.24, 2.45) is 0 Å². The number of carbonyl (C=O) groups excluding carboxylic acids is 3. The lowest BCUT2D eigenvalue weighted by Crippen LogP contribution is -2.39. The van der Waals surface area contributed by atoms with Gasteiger partial charge < -0.3 is 20.0 Å². The molecule has 1 fully saturated rings. The smallest absolute Gasteiger partial charge is 0.408 e. The van der Waals surface area contributed by atoms with Gasteiger partial charge in [-0.15, -0.1) is 0 Å². The van der Waals surface area contributed by atoms with Gasteiger partial charge in [0.1, 0.15) is 6.54 Å². The predicted octanol–water partition coefficient (Wildman–Crippen LogP) is 2.59. The van der Waals surface area contributed by atoms with Gasteiger partial charge in [-0.3, -0.25) is 19.0 Å². The van der Waals surface area contributed by atoms with Crippen LogP contribution in [0.5, 0.6) is 0 Å². The first-order valence-corrected chi connectivity index (χ1v) is 11.6. The van der Waals surface area contributed by atoms with Crippen LogP contribution in [0.4, 0.5) is 5.69 Å². The standard InChI is InChI=1S/C26H28N4O5/c1-2-23(31)27-16-19-9-5-4-8-18(19)14-24(32)28-20-10-11-22-21(15-20)30(26(34)35-22)17-25(33)29-12-6-3-7-13-29/h2,4-5,8-11,15H,1,3,6-7,12-14,16-17H2,(H,27,31)(H,28,32). The van der Waals surface area contributed by atoms with E-state index in [9.17, 15) is 19.2 Å². The van der Waals surface area contributed by atoms with Crippen molar-refractivity contribution in [3.05, 3.63) is 76.8 Å². The van der Waals surface area contributed by atoms with Crippen molar-refractivity contribution in [1.29, 1.82) is 0 Å². The van der Waals surface area contributed by atoms with Gasteiger partial charge in [0.25, 0.3) is 0 Å². The lowest BCUT2D eigenvalue weighted by Gasteiger charge is -2.26. The molecular formula is C26H28N4O5. The molecule has 1 saturated heterocycles. The number of likely N-dealkylation sites (tertiary alicyclic amines) is 1. The number of anilines is 1. The molecule has 35 heavy (non-hydrogen) atoms. The maximum absolute atomic E-state index is 12.8. The summed E-state index contributed by atoms with van der Waals surface area (Å²) in [4.78, 5) is 51.1. The van der Waals surface area contributed by atoms with E-state index < -0.39 is 5.76 Å². The van der Waals surface area contributed by atoms with Crippen molar-refractivity contribution in [1.82, 2.24) is 14.8 Å². The van der Waals surface area contributed by atoms with Crippen molar-refractivity contribution < 1.29 is 18.8 Å². The first-order valence-electron chi connectivity index (χ1n) is 11.6. The second-order valence-electron chi connectivity index (χ2n) is 8.49. The molecule has 2 heterocycles. The molecule has 1 aromatic heterocycles. The Bertz CT molecular complexity index is 1320. The molecule has 0 spiro atoms. The zero-order valence-corrected chi connectivity index (χ0v) is 19.4. The van der Waals surface area contributed by atoms with Crippen LogP contribution in [0.25, 0.3) is 11.1 Å². The number of nitrogens with one attached hydrogen (secondary N) is 2. The Hall–Kier alpha value is -4.14. The molecule has 9 heteroatoms. The summed E-state index contributed by atoms with van der Waals surface area (Å²) >= 11 is 0. The third-order valence-corrected chi connectivity index (χ3v) is 6.06. The fraction of sp³-hybridized carbons (Fsp3) is 0.308. The number of aromatic nitrogens is 1. The fourth-order valence-electron chi connectivity index (χ4n) is 4.20. The number of oxazole rings is 1. The van der Waals surface area contributed by atoms with Crippen LogP contribution >= 0.6 is 0 Å². The summed E-state index contributed by atoms with van der Waals surface area (Å²) in [5, 5.41) is 5.56. The minimum absolute atomic E-state index is 0.101. The van der Waals surface area contributed by atoms with E-state index in [1.54, 1.807) is 23.1 Å². The van der Waals surface area contributed by atoms with Gasteiger partial charge in [-0.1, -0.05) is 30.8 Å². The van der Waals surface area contributed by atoms with Gasteiger partial charge in [0.05, 0.1) is 11.9 Å². The third kappa shape index (κ3) is 5.87. The van der Waals surface area contributed by atoms with E-state index in [1.165, 1.54) is 10.6 Å². The molecule has 2 N–H and O–H groups in total. The molecular weight excluding hydrogens is 448 g/mol. The Morgan fingerprint density at radius 2 is 1.77 bits per heavy atom. The second-order valence-corrected chi connectivity index (χ2v) is 8.49. The van der Waals surface area contributed by atoms with Crippen molar-refractivity contribution in [2.45, 2.75) is 38.8 Å². The number of benzene rings is 2. The highest BCUT2D eigenvalue weighted by Crippen LogP contribution is 2.20. The van der Waals surface area contributed by atoms with Gasteiger partial charge >= 0.3 is 5.76 Å². The molecule has 1 aliphatic heterocycles. The molecule has 3 amide bonds. The Morgan fingerprint density at radius 1 is 1.03 bits per heavy atom. The van der Waals surface area contributed by atoms with E-state index in [1.807, 2.05) is 24.3 Å². The van der Waals surface area contributed by atoms with E-state index >= 15 is 0 Å². The first kappa shape index (κ1) is 24.0. The van der Waals surface area contributed by atoms with Crippen molar-refractivity contribution in [3.8, 4) is 0 Å². The molecule has 0 radical (unpaired) electrons. The molecule has 4 rings (SSSR count). The molecule has 3 aromatic rings. The van der Waals surface area contributed by atoms with Gasteiger partial charge in [-0.25, -0.2) is 4.79 Å². The Morgan fingerprint density at radius 3 is 2.51 bits per heavy atom. The highest BCUT2D eigenvalue weighted by molar-refractivity contribution is 5.94. The van der Waals surface area contributed by atoms with Crippen LogP contribution in [0.1, 0.15) is 30.4 Å². The van der Waals surface area contributed by atoms with E-state index in [4.69, 9.17) is 4.42 Å². The number of rotatable bonds is 8. The molecule has 0 bridgehead atoms. The monoisotopic (exact) mass is 476 g/mol. The quantitative estimate of drug-likeness (QED) is 0.485. The van der Waals surface area contributed by atoms with Gasteiger partial charge in [0.2, 0.25) is 17.7 Å². The highest BCUT2D eigenvalue weighted by Gasteiger charge is 2.20. The van der Waals surface area contributed by atoms with Crippen LogP contribution in [-0.2, 0) is 33.9 Å². The number of nitrogens with zero attached hydrogens (tertiary/aromatic N) is 2. The fourth-order valence-corrected chi connectivity index (χ4v) is 4.20. The number of hydrogen-bond acceptors (Lipinski definition) is 5. The van der Waals surface area contributed by atoms with Crippen molar-refractivity contribution in [2.75, 3.05) is 18.4 Å². The first-order chi connectivity index (χ1) is 16.9. The summed E-state index contributed by atoms with van der Waals surface area (Å²) in [6.07, 6.45) is 4.33. The zero-order chi connectivity index (χ0) is 24.8. The van der Waals surface area contributed by atoms with Crippen LogP contribution in [0, 0.1) is 0 Å². The van der Waals surface area contributed by atoms with Gasteiger partial charge in [0.15, 0.2) is 5.58 Å². The van der Waals surface area contributed by atoms with E-state index in [0.29, 0.717) is 29.9 Å². The lowest BCUT2D eigenvalue weighted by atomic mass is 10.0. The Kier molecular flexibility index (Phi) is 7.45. The Balaban J connectivity index is 1.47. The zero-order valence-electron chi connectivity index (χ0n) is 19.4. The molecule has 182 valence electrons. The molecule has 1 aliphatic rings. The third-order valence-electron chi connectivity index (χ3n) is 6.06. The van der Waals surface area contributed by atoms with Crippen LogP contribution in [-0.4, -0.2) is 40.3 Å². The maximum atomic E-state index is 12.8. The number of fused-ring (bicyclic) bond motifs is 1. The van der Waals surface area contributed by atoms with E-state index in [-0.39, 0.29) is 37.2 Å². The molecule has 0 aliphatic carbocycles. The summed E-state index contributed by atoms with van der Waals surface area (Å²) in [6, 6.07) is 12.2. The number of piperidine rings is 1. The van der Waals surface area contributed by atoms with Crippen LogP contribution < -0.4 is 16.4 Å². The normalized spacial score (nSPS) is 13.4. The molecule has 0 saturated carbocycles. The van der Waals surface area contributed by atoms with Gasteiger partial charge in [-0.2, -0.15) is 0 Å². The van der Waals surface area contributed by atoms with E-state index in [0.717, 1.165) is 30.4 Å². The predicted molar refractivity (Wildman–Crippen MR) is 132 cm³/mol. The minimum Gasteiger partial charge on any atom is -0.408 e. The number of carbonyl (C=O) groups is 3. The van der Waals surface area contributed by atoms with Crippen LogP contribution in [0.3, 0.4) is 0 Å². The summed E-state index contributed by atoms with van der Waals surface area (Å²) in [5.41, 5.74) is 2.89. The molecule has 9 nitrogen and oxygen atoms in total. The molecule has 2 aromatic carbocycles. The number of hydrogen-bond donors (Lipinski definition) is 2. The molecule has 0 unspecified atom stereocenters. The van der Waals surface area contributed by atoms with E-state index in [2.05, 4.69) is 17.2 Å². The lowest BCUT2D eigenvalue weighted by molar-refractivity contribution is -0.132. The topological polar surface area (TPSA) is 114 Å². The van der Waals surface area contributed by atoms with Crippen molar-refractivity contribution >= 4 is 34.5 Å². The van der Waals surface area contributed by atoms with Gasteiger partial charge in [-0.05, 0) is 54.7 Å². The van der Waals surface area contributed by atoms with Crippen molar-refractivity contribution in [3.63, 3.8) is 0 Å². The second kappa shape index (κ2) is 10.9. The summed E-state index contributed by atoms with van der Waals surface area (Å²) in [6.45, 7) is 5.01. The van der Waals surface area contributed by atoms with Crippen LogP contribution in [0.2, 0.25) is 0 Å². The average Bonchev–Trinajstić information content (AvgIpc) is 3.17. The minimum atomic E-state index is -0.607. The molecule has 0 atom stereocenters. The highest BCUT2D eigenvalue weighted by atomic mass is 16.4. The maximum Gasteiger partial charge on any atom is 0.420 e. The number of amides is 3. The van der Waals surface area contributed by atoms with Gasteiger partial charge in [0, 0.05) is 25.3 Å². The Labute approximate surface area is 202 Å². The summed E-state index contributed by atoms with van der Waals surface area (Å²) in [7, 11) is 0. The van der Waals surface area contributed by atoms with Crippen LogP contribution in [0.15, 0.2) is 64.3 Å². The summed E-state index contributed by atoms with van der Waals surface area (Å²) in [5.74, 6) is -1.27.